The van der Waals surface area contributed by atoms with Gasteiger partial charge >= 0.3 is 0 Å². The zero-order valence-corrected chi connectivity index (χ0v) is 16.8. The number of guanidine groups is 1. The molecule has 0 heterocycles. The Hall–Kier alpha value is -2.39. The lowest BCUT2D eigenvalue weighted by Crippen LogP contribution is -2.50. The largest absolute Gasteiger partial charge is 0.352 e. The first-order valence-corrected chi connectivity index (χ1v) is 9.16. The lowest BCUT2D eigenvalue weighted by Gasteiger charge is -2.26. The Labute approximate surface area is 160 Å². The molecule has 0 aromatic rings. The van der Waals surface area contributed by atoms with Crippen LogP contribution in [0.15, 0.2) is 0 Å². The van der Waals surface area contributed by atoms with Gasteiger partial charge in [-0.25, -0.2) is 10.1 Å². The number of carbonyl (C=O) groups excluding carboxylic acids is 2. The minimum Gasteiger partial charge on any atom is -0.352 e. The molecule has 0 unspecified atom stereocenters. The van der Waals surface area contributed by atoms with Gasteiger partial charge in [0.05, 0.1) is 0 Å². The number of hydrogen-bond acceptors (Lipinski definition) is 5. The number of hydrazine groups is 1. The third-order valence-electron chi connectivity index (χ3n) is 4.13. The lowest BCUT2D eigenvalue weighted by atomic mass is 9.88. The van der Waals surface area contributed by atoms with E-state index >= 15 is 0 Å². The molecule has 0 aliphatic carbocycles. The molecule has 0 aromatic heterocycles. The lowest BCUT2D eigenvalue weighted by molar-refractivity contribution is -0.525. The van der Waals surface area contributed by atoms with Gasteiger partial charge in [0.2, 0.25) is 11.8 Å². The Morgan fingerprint density at radius 2 is 1.93 bits per heavy atom. The third-order valence-corrected chi connectivity index (χ3v) is 4.13. The zero-order valence-electron chi connectivity index (χ0n) is 16.8. The SMILES string of the molecule is CCC(C)(C)C(=O)N[C@@H](CCCNC(=N)N[N+](=O)[O-])C(=O)N[CH]CC(C)C. The number of nitro groups is 1. The highest BCUT2D eigenvalue weighted by Gasteiger charge is 2.29. The van der Waals surface area contributed by atoms with E-state index in [0.29, 0.717) is 25.2 Å². The van der Waals surface area contributed by atoms with Crippen molar-refractivity contribution in [3.63, 3.8) is 0 Å². The average Bonchev–Trinajstić information content (AvgIpc) is 2.56. The molecule has 10 nitrogen and oxygen atoms in total. The molecule has 0 aromatic carbocycles. The molecule has 1 atom stereocenters. The van der Waals surface area contributed by atoms with Gasteiger partial charge in [-0.15, -0.1) is 0 Å². The van der Waals surface area contributed by atoms with Crippen LogP contribution in [0.5, 0.6) is 0 Å². The molecule has 0 fully saturated rings. The van der Waals surface area contributed by atoms with Gasteiger partial charge < -0.3 is 16.0 Å². The molecule has 0 aliphatic rings. The van der Waals surface area contributed by atoms with Crippen LogP contribution in [0.1, 0.15) is 60.3 Å². The maximum absolute atomic E-state index is 12.4. The van der Waals surface area contributed by atoms with Crippen molar-refractivity contribution in [2.45, 2.75) is 66.3 Å². The zero-order chi connectivity index (χ0) is 21.0. The smallest absolute Gasteiger partial charge is 0.251 e. The maximum Gasteiger partial charge on any atom is 0.251 e. The molecule has 1 radical (unpaired) electrons. The van der Waals surface area contributed by atoms with E-state index < -0.39 is 22.4 Å². The van der Waals surface area contributed by atoms with Crippen molar-refractivity contribution in [3.05, 3.63) is 16.7 Å². The summed E-state index contributed by atoms with van der Waals surface area (Å²) in [6.45, 7) is 11.5. The molecule has 155 valence electrons. The van der Waals surface area contributed by atoms with Gasteiger partial charge in [0, 0.05) is 18.5 Å². The van der Waals surface area contributed by atoms with Crippen LogP contribution >= 0.6 is 0 Å². The normalized spacial score (nSPS) is 12.2. The second-order valence-corrected chi connectivity index (χ2v) is 7.42. The summed E-state index contributed by atoms with van der Waals surface area (Å²) in [4.78, 5) is 35.1. The van der Waals surface area contributed by atoms with E-state index in [4.69, 9.17) is 5.41 Å². The first-order valence-electron chi connectivity index (χ1n) is 9.16. The highest BCUT2D eigenvalue weighted by molar-refractivity contribution is 5.90. The maximum atomic E-state index is 12.4. The summed E-state index contributed by atoms with van der Waals surface area (Å²) < 4.78 is 0. The molecular weight excluding hydrogens is 352 g/mol. The van der Waals surface area contributed by atoms with E-state index in [2.05, 4.69) is 16.0 Å². The second kappa shape index (κ2) is 12.1. The van der Waals surface area contributed by atoms with Gasteiger partial charge in [-0.05, 0) is 31.6 Å². The van der Waals surface area contributed by atoms with Crippen molar-refractivity contribution in [1.82, 2.24) is 21.4 Å². The number of rotatable bonds is 12. The molecule has 5 N–H and O–H groups in total. The van der Waals surface area contributed by atoms with E-state index in [9.17, 15) is 19.7 Å². The van der Waals surface area contributed by atoms with E-state index in [1.807, 2.05) is 34.6 Å². The molecule has 0 spiro atoms. The fourth-order valence-corrected chi connectivity index (χ4v) is 1.93. The monoisotopic (exact) mass is 385 g/mol. The van der Waals surface area contributed by atoms with Gasteiger partial charge in [-0.3, -0.25) is 15.0 Å². The molecular formula is C17H33N6O4. The number of amides is 2. The van der Waals surface area contributed by atoms with E-state index in [1.54, 1.807) is 12.0 Å². The fourth-order valence-electron chi connectivity index (χ4n) is 1.93. The van der Waals surface area contributed by atoms with Crippen LogP contribution < -0.4 is 21.4 Å². The van der Waals surface area contributed by atoms with E-state index in [-0.39, 0.29) is 18.4 Å². The Morgan fingerprint density at radius 1 is 1.30 bits per heavy atom. The summed E-state index contributed by atoms with van der Waals surface area (Å²) in [6.07, 6.45) is 2.14. The molecule has 0 saturated carbocycles. The van der Waals surface area contributed by atoms with Crippen LogP contribution in [0.3, 0.4) is 0 Å². The van der Waals surface area contributed by atoms with Crippen LogP contribution in [0, 0.1) is 33.4 Å². The molecule has 0 saturated heterocycles. The minimum absolute atomic E-state index is 0.204. The third kappa shape index (κ3) is 11.0. The molecule has 10 heteroatoms. The quantitative estimate of drug-likeness (QED) is 0.112. The first kappa shape index (κ1) is 24.6. The topological polar surface area (TPSA) is 149 Å². The highest BCUT2D eigenvalue weighted by atomic mass is 16.7. The van der Waals surface area contributed by atoms with Crippen molar-refractivity contribution in [3.8, 4) is 0 Å². The van der Waals surface area contributed by atoms with Crippen molar-refractivity contribution in [1.29, 1.82) is 5.41 Å². The van der Waals surface area contributed by atoms with Crippen LogP contribution in [-0.4, -0.2) is 35.4 Å². The van der Waals surface area contributed by atoms with Crippen LogP contribution in [0.4, 0.5) is 0 Å². The molecule has 27 heavy (non-hydrogen) atoms. The van der Waals surface area contributed by atoms with Crippen LogP contribution in [0.25, 0.3) is 0 Å². The molecule has 0 aliphatic heterocycles. The van der Waals surface area contributed by atoms with Crippen LogP contribution in [0.2, 0.25) is 0 Å². The molecule has 0 rings (SSSR count). The predicted molar refractivity (Wildman–Crippen MR) is 103 cm³/mol. The van der Waals surface area contributed by atoms with Gasteiger partial charge in [-0.2, -0.15) is 0 Å². The Bertz CT molecular complexity index is 522. The predicted octanol–water partition coefficient (Wildman–Crippen LogP) is 1.32. The minimum atomic E-state index is -0.830. The molecule has 2 amide bonds. The van der Waals surface area contributed by atoms with E-state index in [0.717, 1.165) is 6.42 Å². The van der Waals surface area contributed by atoms with Crippen molar-refractivity contribution >= 4 is 17.8 Å². The van der Waals surface area contributed by atoms with Crippen molar-refractivity contribution in [2.75, 3.05) is 6.54 Å². The van der Waals surface area contributed by atoms with Crippen molar-refractivity contribution < 1.29 is 14.6 Å². The Balaban J connectivity index is 4.68. The summed E-state index contributed by atoms with van der Waals surface area (Å²) in [5.41, 5.74) is 1.11. The first-order chi connectivity index (χ1) is 12.5. The number of carbonyl (C=O) groups is 2. The number of nitrogens with one attached hydrogen (secondary N) is 5. The van der Waals surface area contributed by atoms with Crippen molar-refractivity contribution in [2.24, 2.45) is 11.3 Å². The fraction of sp³-hybridized carbons (Fsp3) is 0.765. The van der Waals surface area contributed by atoms with Gasteiger partial charge in [0.25, 0.3) is 5.96 Å². The summed E-state index contributed by atoms with van der Waals surface area (Å²) in [5.74, 6) is -0.525. The Morgan fingerprint density at radius 3 is 2.44 bits per heavy atom. The highest BCUT2D eigenvalue weighted by Crippen LogP contribution is 2.20. The van der Waals surface area contributed by atoms with Gasteiger partial charge in [-0.1, -0.05) is 40.0 Å². The average molecular weight is 385 g/mol. The van der Waals surface area contributed by atoms with E-state index in [1.165, 1.54) is 0 Å². The van der Waals surface area contributed by atoms with Crippen LogP contribution in [-0.2, 0) is 9.59 Å². The summed E-state index contributed by atoms with van der Waals surface area (Å²) in [7, 11) is 0. The standard InChI is InChI=1S/C17H33N6O4/c1-6-17(4,5)15(25)21-13(14(24)19-11-9-12(2)3)8-7-10-20-16(18)22-23(26)27/h11-13H,6-10H2,1-5H3,(H,19,24)(H,21,25)(H3,18,20,22)/t13-/m0/s1. The number of nitrogens with zero attached hydrogens (tertiary/aromatic N) is 1. The Kier molecular flexibility index (Phi) is 11.0. The molecule has 0 bridgehead atoms. The summed E-state index contributed by atoms with van der Waals surface area (Å²) in [5, 5.41) is 24.8. The van der Waals surface area contributed by atoms with Gasteiger partial charge in [0.15, 0.2) is 5.03 Å². The summed E-state index contributed by atoms with van der Waals surface area (Å²) >= 11 is 0. The summed E-state index contributed by atoms with van der Waals surface area (Å²) in [6, 6.07) is -0.716. The van der Waals surface area contributed by atoms with Gasteiger partial charge in [0.1, 0.15) is 6.04 Å². The second-order valence-electron chi connectivity index (χ2n) is 7.42. The number of hydrogen-bond donors (Lipinski definition) is 5.